The first-order chi connectivity index (χ1) is 11.0. The summed E-state index contributed by atoms with van der Waals surface area (Å²) in [5, 5.41) is -0.336. The first-order valence-electron chi connectivity index (χ1n) is 6.72. The number of nitrogens with zero attached hydrogens (tertiary/aromatic N) is 1. The summed E-state index contributed by atoms with van der Waals surface area (Å²) in [6.45, 7) is 0. The summed E-state index contributed by atoms with van der Waals surface area (Å²) in [6, 6.07) is 13.5. The Balaban J connectivity index is 2.00. The van der Waals surface area contributed by atoms with Gasteiger partial charge in [0.1, 0.15) is 11.0 Å². The van der Waals surface area contributed by atoms with E-state index < -0.39 is 27.9 Å². The number of carbonyl (C=O) groups excluding carboxylic acids is 2. The van der Waals surface area contributed by atoms with Gasteiger partial charge >= 0.3 is 0 Å². The Hall–Kier alpha value is -1.50. The topological polar surface area (TPSA) is 54.5 Å². The van der Waals surface area contributed by atoms with E-state index in [9.17, 15) is 13.8 Å². The number of benzene rings is 2. The number of amides is 2. The molecule has 1 aliphatic rings. The van der Waals surface area contributed by atoms with Gasteiger partial charge in [-0.25, -0.2) is 4.90 Å². The molecule has 0 spiro atoms. The van der Waals surface area contributed by atoms with Gasteiger partial charge in [0.15, 0.2) is 0 Å². The third kappa shape index (κ3) is 3.24. The van der Waals surface area contributed by atoms with E-state index in [0.717, 1.165) is 9.37 Å². The van der Waals surface area contributed by atoms with E-state index in [0.29, 0.717) is 16.3 Å². The highest BCUT2D eigenvalue weighted by Crippen LogP contribution is 2.31. The molecule has 0 radical (unpaired) electrons. The van der Waals surface area contributed by atoms with Crippen LogP contribution in [-0.2, 0) is 20.4 Å². The maximum absolute atomic E-state index is 12.8. The van der Waals surface area contributed by atoms with Gasteiger partial charge < -0.3 is 0 Å². The third-order valence-electron chi connectivity index (χ3n) is 3.48. The summed E-state index contributed by atoms with van der Waals surface area (Å²) in [5.74, 6) is -1.13. The zero-order valence-electron chi connectivity index (χ0n) is 11.7. The fourth-order valence-electron chi connectivity index (χ4n) is 2.42. The Bertz CT molecular complexity index is 726. The maximum atomic E-state index is 12.8. The predicted molar refractivity (Wildman–Crippen MR) is 93.8 cm³/mol. The molecular formula is C16H11BrClNO3S. The lowest BCUT2D eigenvalue weighted by Gasteiger charge is -2.30. The van der Waals surface area contributed by atoms with Crippen molar-refractivity contribution in [2.24, 2.45) is 0 Å². The van der Waals surface area contributed by atoms with Crippen LogP contribution in [0.3, 0.4) is 0 Å². The van der Waals surface area contributed by atoms with Crippen molar-refractivity contribution >= 4 is 55.8 Å². The summed E-state index contributed by atoms with van der Waals surface area (Å²) in [5.41, 5.74) is 1.06. The molecule has 2 atom stereocenters. The molecule has 4 nitrogen and oxygen atoms in total. The third-order valence-corrected chi connectivity index (χ3v) is 5.79. The van der Waals surface area contributed by atoms with Crippen LogP contribution in [0.25, 0.3) is 0 Å². The lowest BCUT2D eigenvalue weighted by atomic mass is 10.1. The largest absolute Gasteiger partial charge is 0.273 e. The van der Waals surface area contributed by atoms with Gasteiger partial charge in [-0.05, 0) is 42.0 Å². The van der Waals surface area contributed by atoms with E-state index in [1.807, 2.05) is 0 Å². The molecule has 23 heavy (non-hydrogen) atoms. The van der Waals surface area contributed by atoms with Crippen molar-refractivity contribution < 1.29 is 13.8 Å². The van der Waals surface area contributed by atoms with Crippen LogP contribution < -0.4 is 4.90 Å². The van der Waals surface area contributed by atoms with Crippen LogP contribution in [0.2, 0.25) is 5.02 Å². The first-order valence-corrected chi connectivity index (χ1v) is 9.27. The normalized spacial score (nSPS) is 21.6. The van der Waals surface area contributed by atoms with Gasteiger partial charge in [-0.2, -0.15) is 0 Å². The second-order valence-electron chi connectivity index (χ2n) is 5.00. The number of hydrogen-bond donors (Lipinski definition) is 0. The van der Waals surface area contributed by atoms with Crippen LogP contribution >= 0.6 is 27.5 Å². The molecule has 0 aromatic heterocycles. The number of halogens is 2. The van der Waals surface area contributed by atoms with Gasteiger partial charge in [0, 0.05) is 20.3 Å². The zero-order chi connectivity index (χ0) is 16.6. The number of carbonyl (C=O) groups is 2. The minimum absolute atomic E-state index is 0.185. The Morgan fingerprint density at radius 1 is 1.04 bits per heavy atom. The average molecular weight is 413 g/mol. The summed E-state index contributed by atoms with van der Waals surface area (Å²) in [7, 11) is -1.59. The average Bonchev–Trinajstić information content (AvgIpc) is 2.50. The van der Waals surface area contributed by atoms with Crippen LogP contribution in [0.5, 0.6) is 0 Å². The quantitative estimate of drug-likeness (QED) is 0.710. The SMILES string of the molecule is O=C1C[S@](=O)[C@@H](c2ccc(Cl)cc2)C(=O)N1c1ccc(Br)cc1. The van der Waals surface area contributed by atoms with Gasteiger partial charge in [0.2, 0.25) is 5.91 Å². The highest BCUT2D eigenvalue weighted by atomic mass is 79.9. The molecule has 0 aliphatic carbocycles. The van der Waals surface area contributed by atoms with Gasteiger partial charge in [-0.15, -0.1) is 0 Å². The molecule has 0 N–H and O–H groups in total. The summed E-state index contributed by atoms with van der Waals surface area (Å²) in [4.78, 5) is 26.1. The number of anilines is 1. The Labute approximate surface area is 149 Å². The number of rotatable bonds is 2. The lowest BCUT2D eigenvalue weighted by Crippen LogP contribution is -2.49. The van der Waals surface area contributed by atoms with E-state index >= 15 is 0 Å². The van der Waals surface area contributed by atoms with Gasteiger partial charge in [-0.3, -0.25) is 13.8 Å². The monoisotopic (exact) mass is 411 g/mol. The summed E-state index contributed by atoms with van der Waals surface area (Å²) >= 11 is 9.17. The molecule has 1 heterocycles. The molecule has 2 amide bonds. The van der Waals surface area contributed by atoms with Crippen molar-refractivity contribution in [1.82, 2.24) is 0 Å². The lowest BCUT2D eigenvalue weighted by molar-refractivity contribution is -0.125. The van der Waals surface area contributed by atoms with Crippen molar-refractivity contribution in [3.05, 3.63) is 63.6 Å². The second kappa shape index (κ2) is 6.55. The Morgan fingerprint density at radius 2 is 1.65 bits per heavy atom. The van der Waals surface area contributed by atoms with Crippen molar-refractivity contribution in [3.63, 3.8) is 0 Å². The Morgan fingerprint density at radius 3 is 2.26 bits per heavy atom. The van der Waals surface area contributed by atoms with Gasteiger partial charge in [0.05, 0.1) is 5.69 Å². The van der Waals surface area contributed by atoms with Crippen LogP contribution in [0, 0.1) is 0 Å². The molecule has 1 saturated heterocycles. The van der Waals surface area contributed by atoms with Crippen molar-refractivity contribution in [2.45, 2.75) is 5.25 Å². The molecule has 0 unspecified atom stereocenters. The van der Waals surface area contributed by atoms with E-state index in [4.69, 9.17) is 11.6 Å². The minimum Gasteiger partial charge on any atom is -0.273 e. The predicted octanol–water partition coefficient (Wildman–Crippen LogP) is 3.47. The number of imide groups is 1. The van der Waals surface area contributed by atoms with Crippen LogP contribution in [0.4, 0.5) is 5.69 Å². The first kappa shape index (κ1) is 16.4. The molecule has 0 saturated carbocycles. The van der Waals surface area contributed by atoms with Crippen LogP contribution in [0.15, 0.2) is 53.0 Å². The highest BCUT2D eigenvalue weighted by Gasteiger charge is 2.41. The minimum atomic E-state index is -1.59. The molecule has 1 fully saturated rings. The van der Waals surface area contributed by atoms with Crippen LogP contribution in [0.1, 0.15) is 10.8 Å². The zero-order valence-corrected chi connectivity index (χ0v) is 14.9. The molecule has 2 aromatic carbocycles. The number of hydrogen-bond acceptors (Lipinski definition) is 3. The van der Waals surface area contributed by atoms with E-state index in [-0.39, 0.29) is 5.75 Å². The van der Waals surface area contributed by atoms with E-state index in [1.54, 1.807) is 48.5 Å². The molecule has 118 valence electrons. The molecule has 1 aliphatic heterocycles. The molecular weight excluding hydrogens is 402 g/mol. The standard InChI is InChI=1S/C16H11BrClNO3S/c17-11-3-7-13(8-4-11)19-14(20)9-23(22)15(16(19)21)10-1-5-12(18)6-2-10/h1-8,15H,9H2/t15-,23-/m0/s1. The van der Waals surface area contributed by atoms with Crippen molar-refractivity contribution in [2.75, 3.05) is 10.7 Å². The Kier molecular flexibility index (Phi) is 4.66. The van der Waals surface area contributed by atoms with Crippen LogP contribution in [-0.4, -0.2) is 21.8 Å². The van der Waals surface area contributed by atoms with Gasteiger partial charge in [0.25, 0.3) is 5.91 Å². The fraction of sp³-hybridized carbons (Fsp3) is 0.125. The summed E-state index contributed by atoms with van der Waals surface area (Å²) in [6.07, 6.45) is 0. The molecule has 0 bridgehead atoms. The second-order valence-corrected chi connectivity index (χ2v) is 7.87. The van der Waals surface area contributed by atoms with Crippen molar-refractivity contribution in [1.29, 1.82) is 0 Å². The molecule has 3 rings (SSSR count). The fourth-order valence-corrected chi connectivity index (χ4v) is 4.14. The smallest absolute Gasteiger partial charge is 0.254 e. The van der Waals surface area contributed by atoms with Crippen molar-refractivity contribution in [3.8, 4) is 0 Å². The van der Waals surface area contributed by atoms with E-state index in [1.165, 1.54) is 0 Å². The maximum Gasteiger partial charge on any atom is 0.254 e. The summed E-state index contributed by atoms with van der Waals surface area (Å²) < 4.78 is 13.2. The highest BCUT2D eigenvalue weighted by molar-refractivity contribution is 9.10. The molecule has 2 aromatic rings. The van der Waals surface area contributed by atoms with Gasteiger partial charge in [-0.1, -0.05) is 39.7 Å². The van der Waals surface area contributed by atoms with E-state index in [2.05, 4.69) is 15.9 Å². The molecule has 7 heteroatoms.